The average molecular weight is 229 g/mol. The number of hydrogen-bond donors (Lipinski definition) is 1. The second kappa shape index (κ2) is 4.30. The lowest BCUT2D eigenvalue weighted by Crippen LogP contribution is -2.27. The fourth-order valence-corrected chi connectivity index (χ4v) is 3.11. The van der Waals surface area contributed by atoms with Crippen LogP contribution < -0.4 is 5.32 Å². The minimum atomic E-state index is 0.605. The summed E-state index contributed by atoms with van der Waals surface area (Å²) < 4.78 is 0. The number of fused-ring (bicyclic) bond motifs is 1. The first kappa shape index (κ1) is 9.91. The number of para-hydroxylation sites is 1. The zero-order valence-corrected chi connectivity index (χ0v) is 9.96. The molecule has 0 saturated heterocycles. The summed E-state index contributed by atoms with van der Waals surface area (Å²) in [4.78, 5) is 1.48. The number of benzene rings is 1. The molecule has 1 aromatic heterocycles. The molecule has 0 radical (unpaired) electrons. The zero-order valence-electron chi connectivity index (χ0n) is 9.15. The quantitative estimate of drug-likeness (QED) is 0.827. The molecule has 2 heterocycles. The highest BCUT2D eigenvalue weighted by molar-refractivity contribution is 7.09. The normalized spacial score (nSPS) is 18.9. The van der Waals surface area contributed by atoms with Crippen LogP contribution in [0.15, 0.2) is 41.8 Å². The molecule has 0 amide bonds. The Labute approximate surface area is 100 Å². The van der Waals surface area contributed by atoms with Gasteiger partial charge in [0.15, 0.2) is 0 Å². The van der Waals surface area contributed by atoms with Crippen molar-refractivity contribution in [3.8, 4) is 0 Å². The summed E-state index contributed by atoms with van der Waals surface area (Å²) in [6, 6.07) is 13.6. The second-order valence-electron chi connectivity index (χ2n) is 4.32. The van der Waals surface area contributed by atoms with Gasteiger partial charge in [-0.1, -0.05) is 24.3 Å². The van der Waals surface area contributed by atoms with Gasteiger partial charge in [0.05, 0.1) is 0 Å². The summed E-state index contributed by atoms with van der Waals surface area (Å²) in [6.45, 7) is 0. The van der Waals surface area contributed by atoms with Crippen LogP contribution in [0.2, 0.25) is 0 Å². The van der Waals surface area contributed by atoms with Gasteiger partial charge in [0, 0.05) is 23.0 Å². The molecular formula is C14H15NS. The van der Waals surface area contributed by atoms with Gasteiger partial charge in [0.2, 0.25) is 0 Å². The first-order valence-corrected chi connectivity index (χ1v) is 6.66. The van der Waals surface area contributed by atoms with Gasteiger partial charge in [-0.3, -0.25) is 0 Å². The van der Waals surface area contributed by atoms with E-state index in [2.05, 4.69) is 47.1 Å². The largest absolute Gasteiger partial charge is 0.382 e. The number of rotatable bonds is 2. The Hall–Kier alpha value is -1.28. The van der Waals surface area contributed by atoms with Crippen molar-refractivity contribution in [2.45, 2.75) is 25.3 Å². The van der Waals surface area contributed by atoms with Gasteiger partial charge in [0.25, 0.3) is 0 Å². The van der Waals surface area contributed by atoms with Crippen LogP contribution in [0, 0.1) is 0 Å². The first-order valence-electron chi connectivity index (χ1n) is 5.78. The monoisotopic (exact) mass is 229 g/mol. The molecule has 0 aliphatic carbocycles. The van der Waals surface area contributed by atoms with Gasteiger partial charge in [0.1, 0.15) is 0 Å². The van der Waals surface area contributed by atoms with E-state index in [1.165, 1.54) is 29.0 Å². The average Bonchev–Trinajstić information content (AvgIpc) is 2.82. The van der Waals surface area contributed by atoms with Crippen LogP contribution in [0.1, 0.15) is 16.9 Å². The number of aryl methyl sites for hydroxylation is 1. The molecule has 1 aromatic carbocycles. The van der Waals surface area contributed by atoms with E-state index in [0.29, 0.717) is 6.04 Å². The topological polar surface area (TPSA) is 12.0 Å². The molecule has 1 aliphatic heterocycles. The molecule has 1 nitrogen and oxygen atoms in total. The number of thiophene rings is 1. The highest BCUT2D eigenvalue weighted by Gasteiger charge is 2.17. The SMILES string of the molecule is c1csc(CC2CCc3ccccc3N2)c1. The van der Waals surface area contributed by atoms with Crippen LogP contribution in [-0.4, -0.2) is 6.04 Å². The minimum Gasteiger partial charge on any atom is -0.382 e. The van der Waals surface area contributed by atoms with Crippen LogP contribution in [0.25, 0.3) is 0 Å². The molecule has 0 bridgehead atoms. The molecule has 1 N–H and O–H groups in total. The van der Waals surface area contributed by atoms with Gasteiger partial charge in [-0.15, -0.1) is 11.3 Å². The van der Waals surface area contributed by atoms with Crippen LogP contribution in [0.4, 0.5) is 5.69 Å². The van der Waals surface area contributed by atoms with Gasteiger partial charge >= 0.3 is 0 Å². The lowest BCUT2D eigenvalue weighted by molar-refractivity contribution is 0.632. The van der Waals surface area contributed by atoms with E-state index in [1.54, 1.807) is 0 Å². The Morgan fingerprint density at radius 3 is 3.00 bits per heavy atom. The van der Waals surface area contributed by atoms with Crippen molar-refractivity contribution in [3.63, 3.8) is 0 Å². The van der Waals surface area contributed by atoms with Crippen LogP contribution >= 0.6 is 11.3 Å². The van der Waals surface area contributed by atoms with E-state index < -0.39 is 0 Å². The van der Waals surface area contributed by atoms with Crippen LogP contribution in [-0.2, 0) is 12.8 Å². The Morgan fingerprint density at radius 1 is 1.19 bits per heavy atom. The number of anilines is 1. The molecule has 0 spiro atoms. The molecule has 2 heteroatoms. The van der Waals surface area contributed by atoms with Crippen molar-refractivity contribution in [1.82, 2.24) is 0 Å². The third kappa shape index (κ3) is 1.98. The van der Waals surface area contributed by atoms with Crippen molar-refractivity contribution < 1.29 is 0 Å². The molecule has 0 saturated carbocycles. The smallest absolute Gasteiger partial charge is 0.0374 e. The molecule has 1 aliphatic rings. The fourth-order valence-electron chi connectivity index (χ4n) is 2.33. The standard InChI is InChI=1S/C14H15NS/c1-2-6-14-11(4-1)7-8-12(15-14)10-13-5-3-9-16-13/h1-6,9,12,15H,7-8,10H2. The summed E-state index contributed by atoms with van der Waals surface area (Å²) >= 11 is 1.86. The van der Waals surface area contributed by atoms with E-state index in [9.17, 15) is 0 Å². The molecule has 2 aromatic rings. The number of hydrogen-bond acceptors (Lipinski definition) is 2. The highest BCUT2D eigenvalue weighted by Crippen LogP contribution is 2.26. The predicted octanol–water partition coefficient (Wildman–Crippen LogP) is 3.72. The molecule has 3 rings (SSSR count). The zero-order chi connectivity index (χ0) is 10.8. The maximum atomic E-state index is 3.64. The Kier molecular flexibility index (Phi) is 2.66. The van der Waals surface area contributed by atoms with E-state index >= 15 is 0 Å². The fraction of sp³-hybridized carbons (Fsp3) is 0.286. The van der Waals surface area contributed by atoms with Crippen molar-refractivity contribution in [2.24, 2.45) is 0 Å². The van der Waals surface area contributed by atoms with Crippen molar-refractivity contribution in [1.29, 1.82) is 0 Å². The Bertz CT molecular complexity index is 461. The first-order chi connectivity index (χ1) is 7.92. The molecular weight excluding hydrogens is 214 g/mol. The summed E-state index contributed by atoms with van der Waals surface area (Å²) in [6.07, 6.45) is 3.61. The second-order valence-corrected chi connectivity index (χ2v) is 5.35. The molecule has 1 atom stereocenters. The predicted molar refractivity (Wildman–Crippen MR) is 70.2 cm³/mol. The van der Waals surface area contributed by atoms with Crippen molar-refractivity contribution in [3.05, 3.63) is 52.2 Å². The molecule has 1 unspecified atom stereocenters. The van der Waals surface area contributed by atoms with E-state index in [4.69, 9.17) is 0 Å². The molecule has 16 heavy (non-hydrogen) atoms. The molecule has 82 valence electrons. The summed E-state index contributed by atoms with van der Waals surface area (Å²) in [5.74, 6) is 0. The van der Waals surface area contributed by atoms with Crippen LogP contribution in [0.3, 0.4) is 0 Å². The lowest BCUT2D eigenvalue weighted by Gasteiger charge is -2.26. The molecule has 0 fully saturated rings. The van der Waals surface area contributed by atoms with Crippen molar-refractivity contribution >= 4 is 17.0 Å². The van der Waals surface area contributed by atoms with Crippen LogP contribution in [0.5, 0.6) is 0 Å². The van der Waals surface area contributed by atoms with Gasteiger partial charge < -0.3 is 5.32 Å². The van der Waals surface area contributed by atoms with Crippen molar-refractivity contribution in [2.75, 3.05) is 5.32 Å². The van der Waals surface area contributed by atoms with E-state index in [0.717, 1.165) is 6.42 Å². The van der Waals surface area contributed by atoms with E-state index in [-0.39, 0.29) is 0 Å². The third-order valence-electron chi connectivity index (χ3n) is 3.17. The minimum absolute atomic E-state index is 0.605. The van der Waals surface area contributed by atoms with E-state index in [1.807, 2.05) is 11.3 Å². The maximum Gasteiger partial charge on any atom is 0.0374 e. The Balaban J connectivity index is 1.73. The summed E-state index contributed by atoms with van der Waals surface area (Å²) in [5, 5.41) is 5.80. The Morgan fingerprint density at radius 2 is 2.12 bits per heavy atom. The highest BCUT2D eigenvalue weighted by atomic mass is 32.1. The van der Waals surface area contributed by atoms with Gasteiger partial charge in [-0.05, 0) is 35.9 Å². The van der Waals surface area contributed by atoms with Gasteiger partial charge in [-0.2, -0.15) is 0 Å². The lowest BCUT2D eigenvalue weighted by atomic mass is 9.96. The maximum absolute atomic E-state index is 3.64. The van der Waals surface area contributed by atoms with Gasteiger partial charge in [-0.25, -0.2) is 0 Å². The summed E-state index contributed by atoms with van der Waals surface area (Å²) in [7, 11) is 0. The summed E-state index contributed by atoms with van der Waals surface area (Å²) in [5.41, 5.74) is 2.79. The number of nitrogens with one attached hydrogen (secondary N) is 1. The third-order valence-corrected chi connectivity index (χ3v) is 4.07.